The third kappa shape index (κ3) is 3.36. The first-order valence-electron chi connectivity index (χ1n) is 9.53. The lowest BCUT2D eigenvalue weighted by molar-refractivity contribution is 0.0691. The quantitative estimate of drug-likeness (QED) is 0.793. The molecule has 0 N–H and O–H groups in total. The smallest absolute Gasteiger partial charge is 0.331 e. The highest BCUT2D eigenvalue weighted by Gasteiger charge is 2.30. The van der Waals surface area contributed by atoms with Crippen LogP contribution in [0.1, 0.15) is 47.9 Å². The van der Waals surface area contributed by atoms with Crippen molar-refractivity contribution in [2.45, 2.75) is 38.1 Å². The van der Waals surface area contributed by atoms with E-state index in [0.717, 1.165) is 35.7 Å². The molecular weight excluding hydrogens is 346 g/mol. The van der Waals surface area contributed by atoms with Crippen LogP contribution in [0.25, 0.3) is 0 Å². The highest BCUT2D eigenvalue weighted by molar-refractivity contribution is 5.92. The zero-order chi connectivity index (χ0) is 19.1. The van der Waals surface area contributed by atoms with Gasteiger partial charge in [0.05, 0.1) is 0 Å². The van der Waals surface area contributed by atoms with E-state index in [1.54, 1.807) is 4.90 Å². The van der Waals surface area contributed by atoms with Crippen LogP contribution < -0.4 is 11.2 Å². The highest BCUT2D eigenvalue weighted by Crippen LogP contribution is 2.33. The first-order chi connectivity index (χ1) is 13.0. The molecule has 0 bridgehead atoms. The summed E-state index contributed by atoms with van der Waals surface area (Å²) in [7, 11) is 2.94. The molecule has 2 aromatic rings. The minimum atomic E-state index is -0.487. The van der Waals surface area contributed by atoms with E-state index >= 15 is 0 Å². The van der Waals surface area contributed by atoms with Crippen LogP contribution in [0.15, 0.2) is 28.0 Å². The molecule has 1 saturated carbocycles. The molecule has 0 unspecified atom stereocenters. The van der Waals surface area contributed by atoms with Crippen LogP contribution in [0.3, 0.4) is 0 Å². The molecule has 144 valence electrons. The molecule has 2 aromatic heterocycles. The number of rotatable bonds is 4. The van der Waals surface area contributed by atoms with Crippen molar-refractivity contribution in [3.63, 3.8) is 0 Å². The monoisotopic (exact) mass is 371 g/mol. The molecule has 4 rings (SSSR count). The molecule has 0 spiro atoms. The van der Waals surface area contributed by atoms with Crippen LogP contribution >= 0.6 is 0 Å². The molecule has 8 nitrogen and oxygen atoms in total. The Balaban J connectivity index is 1.57. The van der Waals surface area contributed by atoms with Crippen molar-refractivity contribution in [1.29, 1.82) is 0 Å². The van der Waals surface area contributed by atoms with Crippen molar-refractivity contribution >= 4 is 5.91 Å². The average Bonchev–Trinajstić information content (AvgIpc) is 3.37. The van der Waals surface area contributed by atoms with Gasteiger partial charge in [-0.25, -0.2) is 9.78 Å². The van der Waals surface area contributed by atoms with E-state index in [-0.39, 0.29) is 17.5 Å². The summed E-state index contributed by atoms with van der Waals surface area (Å²) >= 11 is 0. The Morgan fingerprint density at radius 1 is 1.19 bits per heavy atom. The van der Waals surface area contributed by atoms with Crippen molar-refractivity contribution in [2.75, 3.05) is 13.1 Å². The lowest BCUT2D eigenvalue weighted by Crippen LogP contribution is -2.45. The van der Waals surface area contributed by atoms with E-state index in [0.29, 0.717) is 13.1 Å². The van der Waals surface area contributed by atoms with Gasteiger partial charge < -0.3 is 9.47 Å². The zero-order valence-electron chi connectivity index (χ0n) is 15.8. The number of carbonyl (C=O) groups excluding carboxylic acids is 1. The minimum absolute atomic E-state index is 0.144. The number of carbonyl (C=O) groups is 1. The van der Waals surface area contributed by atoms with Gasteiger partial charge >= 0.3 is 5.69 Å². The molecular formula is C19H25N5O3. The van der Waals surface area contributed by atoms with E-state index in [1.807, 2.05) is 12.4 Å². The fraction of sp³-hybridized carbons (Fsp3) is 0.579. The predicted molar refractivity (Wildman–Crippen MR) is 99.8 cm³/mol. The molecule has 2 fully saturated rings. The van der Waals surface area contributed by atoms with Crippen LogP contribution in [-0.4, -0.2) is 42.6 Å². The van der Waals surface area contributed by atoms with E-state index < -0.39 is 11.2 Å². The lowest BCUT2D eigenvalue weighted by Gasteiger charge is -2.33. The maximum Gasteiger partial charge on any atom is 0.331 e. The van der Waals surface area contributed by atoms with Gasteiger partial charge in [0.2, 0.25) is 0 Å². The Hall–Kier alpha value is -2.64. The summed E-state index contributed by atoms with van der Waals surface area (Å²) in [6, 6.07) is 1.25. The molecule has 2 aliphatic rings. The summed E-state index contributed by atoms with van der Waals surface area (Å²) in [4.78, 5) is 43.4. The fourth-order valence-electron chi connectivity index (χ4n) is 3.89. The van der Waals surface area contributed by atoms with Crippen molar-refractivity contribution in [3.8, 4) is 0 Å². The molecule has 1 saturated heterocycles. The SMILES string of the molecule is Cn1c(C(=O)N2CCC[C@H](c3nccn3CC3CC3)C2)cc(=O)n(C)c1=O. The number of hydrogen-bond acceptors (Lipinski definition) is 4. The maximum atomic E-state index is 13.0. The molecule has 1 aliphatic heterocycles. The lowest BCUT2D eigenvalue weighted by atomic mass is 9.96. The van der Waals surface area contributed by atoms with Gasteiger partial charge in [0.15, 0.2) is 0 Å². The van der Waals surface area contributed by atoms with E-state index in [9.17, 15) is 14.4 Å². The number of amides is 1. The fourth-order valence-corrected chi connectivity index (χ4v) is 3.89. The number of hydrogen-bond donors (Lipinski definition) is 0. The number of likely N-dealkylation sites (tertiary alicyclic amines) is 1. The van der Waals surface area contributed by atoms with E-state index in [4.69, 9.17) is 0 Å². The molecule has 3 heterocycles. The second-order valence-electron chi connectivity index (χ2n) is 7.74. The number of imidazole rings is 1. The maximum absolute atomic E-state index is 13.0. The van der Waals surface area contributed by atoms with Gasteiger partial charge in [-0.1, -0.05) is 0 Å². The molecule has 0 aromatic carbocycles. The van der Waals surface area contributed by atoms with Gasteiger partial charge in [0, 0.05) is 58.1 Å². The van der Waals surface area contributed by atoms with Gasteiger partial charge in [0.25, 0.3) is 11.5 Å². The van der Waals surface area contributed by atoms with Crippen molar-refractivity contribution in [2.24, 2.45) is 20.0 Å². The van der Waals surface area contributed by atoms with Crippen molar-refractivity contribution in [1.82, 2.24) is 23.6 Å². The summed E-state index contributed by atoms with van der Waals surface area (Å²) in [6.07, 6.45) is 8.29. The first kappa shape index (κ1) is 17.8. The number of piperidine rings is 1. The van der Waals surface area contributed by atoms with Crippen LogP contribution in [0.4, 0.5) is 0 Å². The Morgan fingerprint density at radius 2 is 1.96 bits per heavy atom. The van der Waals surface area contributed by atoms with Gasteiger partial charge in [0.1, 0.15) is 11.5 Å². The Bertz CT molecular complexity index is 982. The second-order valence-corrected chi connectivity index (χ2v) is 7.74. The third-order valence-electron chi connectivity index (χ3n) is 5.72. The summed E-state index contributed by atoms with van der Waals surface area (Å²) in [5.41, 5.74) is -0.806. The van der Waals surface area contributed by atoms with Crippen molar-refractivity contribution in [3.05, 3.63) is 50.8 Å². The van der Waals surface area contributed by atoms with Crippen LogP contribution in [-0.2, 0) is 20.6 Å². The molecule has 1 amide bonds. The van der Waals surface area contributed by atoms with Gasteiger partial charge in [-0.3, -0.25) is 18.7 Å². The normalized spacial score (nSPS) is 20.1. The molecule has 8 heteroatoms. The Kier molecular flexibility index (Phi) is 4.49. The standard InChI is InChI=1S/C19H25N5O3/c1-21-15(10-16(25)22(2)19(21)27)18(26)24-8-3-4-14(12-24)17-20-7-9-23(17)11-13-5-6-13/h7,9-10,13-14H,3-6,8,11-12H2,1-2H3/t14-/m0/s1. The van der Waals surface area contributed by atoms with Crippen LogP contribution in [0.5, 0.6) is 0 Å². The van der Waals surface area contributed by atoms with Crippen LogP contribution in [0.2, 0.25) is 0 Å². The Labute approximate surface area is 157 Å². The molecule has 1 aliphatic carbocycles. The highest BCUT2D eigenvalue weighted by atomic mass is 16.2. The Morgan fingerprint density at radius 3 is 2.70 bits per heavy atom. The predicted octanol–water partition coefficient (Wildman–Crippen LogP) is 0.710. The van der Waals surface area contributed by atoms with Gasteiger partial charge in [-0.05, 0) is 31.6 Å². The molecule has 0 radical (unpaired) electrons. The summed E-state index contributed by atoms with van der Waals surface area (Å²) < 4.78 is 4.48. The summed E-state index contributed by atoms with van der Waals surface area (Å²) in [6.45, 7) is 2.19. The van der Waals surface area contributed by atoms with Gasteiger partial charge in [-0.2, -0.15) is 0 Å². The van der Waals surface area contributed by atoms with Crippen LogP contribution in [0, 0.1) is 5.92 Å². The van der Waals surface area contributed by atoms with Crippen molar-refractivity contribution < 1.29 is 4.79 Å². The molecule has 1 atom stereocenters. The topological polar surface area (TPSA) is 82.1 Å². The second kappa shape index (κ2) is 6.83. The summed E-state index contributed by atoms with van der Waals surface area (Å²) in [5.74, 6) is 1.71. The first-order valence-corrected chi connectivity index (χ1v) is 9.53. The van der Waals surface area contributed by atoms with E-state index in [2.05, 4.69) is 9.55 Å². The largest absolute Gasteiger partial charge is 0.337 e. The zero-order valence-corrected chi connectivity index (χ0v) is 15.8. The number of aromatic nitrogens is 4. The van der Waals surface area contributed by atoms with Gasteiger partial charge in [-0.15, -0.1) is 0 Å². The molecule has 27 heavy (non-hydrogen) atoms. The number of nitrogens with zero attached hydrogens (tertiary/aromatic N) is 5. The van der Waals surface area contributed by atoms with E-state index in [1.165, 1.54) is 37.6 Å². The average molecular weight is 371 g/mol. The summed E-state index contributed by atoms with van der Waals surface area (Å²) in [5, 5.41) is 0. The third-order valence-corrected chi connectivity index (χ3v) is 5.72. The minimum Gasteiger partial charge on any atom is -0.337 e.